The van der Waals surface area contributed by atoms with E-state index in [1.54, 1.807) is 6.08 Å². The molecule has 1 heterocycles. The number of hydrogen-bond acceptors (Lipinski definition) is 2. The fraction of sp³-hybridized carbons (Fsp3) is 0.353. The topological polar surface area (TPSA) is 47.2 Å². The summed E-state index contributed by atoms with van der Waals surface area (Å²) in [6, 6.07) is 1.98. The van der Waals surface area contributed by atoms with Crippen molar-refractivity contribution in [2.24, 2.45) is 10.8 Å². The second-order valence-corrected chi connectivity index (χ2v) is 6.88. The Hall–Kier alpha value is -2.03. The predicted octanol–water partition coefficient (Wildman–Crippen LogP) is 1.87. The fourth-order valence-electron chi connectivity index (χ4n) is 2.87. The number of allylic oxidation sites excluding steroid dienone is 2. The van der Waals surface area contributed by atoms with Gasteiger partial charge in [-0.15, -0.1) is 0 Å². The molecule has 0 saturated carbocycles. The Balaban J connectivity index is 2.42. The Kier molecular flexibility index (Phi) is 2.43. The van der Waals surface area contributed by atoms with E-state index >= 15 is 0 Å². The molecule has 0 spiro atoms. The van der Waals surface area contributed by atoms with E-state index < -0.39 is 0 Å². The molecule has 3 nitrogen and oxygen atoms in total. The summed E-state index contributed by atoms with van der Waals surface area (Å²) in [6.45, 7) is 8.12. The zero-order valence-corrected chi connectivity index (χ0v) is 12.3. The van der Waals surface area contributed by atoms with Crippen molar-refractivity contribution >= 4 is 24.0 Å². The molecule has 0 fully saturated rings. The summed E-state index contributed by atoms with van der Waals surface area (Å²) in [5, 5.41) is 24.2. The molecule has 0 aliphatic heterocycles. The number of pyridine rings is 1. The summed E-state index contributed by atoms with van der Waals surface area (Å²) < 4.78 is 0.855. The summed E-state index contributed by atoms with van der Waals surface area (Å²) in [4.78, 5) is 0. The van der Waals surface area contributed by atoms with Gasteiger partial charge < -0.3 is 10.3 Å². The highest BCUT2D eigenvalue weighted by Gasteiger charge is 2.28. The Morgan fingerprint density at radius 3 is 2.45 bits per heavy atom. The van der Waals surface area contributed by atoms with Gasteiger partial charge in [0.05, 0.1) is 0 Å². The number of aliphatic hydroxyl groups excluding tert-OH is 1. The van der Waals surface area contributed by atoms with Gasteiger partial charge in [0.15, 0.2) is 5.76 Å². The third-order valence-corrected chi connectivity index (χ3v) is 3.78. The molecule has 3 heteroatoms. The summed E-state index contributed by atoms with van der Waals surface area (Å²) in [5.41, 5.74) is 0.856. The molecule has 0 bridgehead atoms. The van der Waals surface area contributed by atoms with Crippen LogP contribution in [0.3, 0.4) is 0 Å². The molecule has 0 radical (unpaired) electrons. The highest BCUT2D eigenvalue weighted by Crippen LogP contribution is 2.27. The molecule has 0 atom stereocenters. The average Bonchev–Trinajstić information content (AvgIpc) is 2.27. The summed E-state index contributed by atoms with van der Waals surface area (Å²) in [7, 11) is 0. The number of nitrogens with zero attached hydrogens (tertiary/aromatic N) is 1. The molecule has 1 aromatic rings. The first-order valence-electron chi connectivity index (χ1n) is 6.82. The second-order valence-electron chi connectivity index (χ2n) is 6.88. The zero-order valence-electron chi connectivity index (χ0n) is 12.3. The van der Waals surface area contributed by atoms with Crippen LogP contribution in [0.4, 0.5) is 0 Å². The van der Waals surface area contributed by atoms with Crippen LogP contribution in [-0.4, -0.2) is 5.11 Å². The van der Waals surface area contributed by atoms with Crippen molar-refractivity contribution in [3.05, 3.63) is 45.3 Å². The number of fused-ring (bicyclic) bond motifs is 2. The van der Waals surface area contributed by atoms with Gasteiger partial charge in [-0.3, -0.25) is 0 Å². The molecule has 1 N–H and O–H groups in total. The zero-order chi connectivity index (χ0) is 14.7. The third-order valence-electron chi connectivity index (χ3n) is 3.78. The van der Waals surface area contributed by atoms with Crippen molar-refractivity contribution in [2.75, 3.05) is 0 Å². The van der Waals surface area contributed by atoms with Crippen LogP contribution >= 0.6 is 0 Å². The SMILES string of the molecule is CC1(C)C=C(O)c2c(cc3c([n+]2[O-])=CC(C)(C)C=C3)=C1. The van der Waals surface area contributed by atoms with Crippen LogP contribution in [-0.2, 0) is 0 Å². The molecular formula is C17H19NO2. The lowest BCUT2D eigenvalue weighted by Crippen LogP contribution is -2.55. The van der Waals surface area contributed by atoms with Crippen LogP contribution < -0.4 is 15.3 Å². The predicted molar refractivity (Wildman–Crippen MR) is 80.8 cm³/mol. The first-order chi connectivity index (χ1) is 9.19. The number of rotatable bonds is 0. The molecule has 0 aromatic carbocycles. The average molecular weight is 269 g/mol. The maximum Gasteiger partial charge on any atom is 0.265 e. The molecular weight excluding hydrogens is 250 g/mol. The quantitative estimate of drug-likeness (QED) is 0.577. The Morgan fingerprint density at radius 2 is 1.75 bits per heavy atom. The van der Waals surface area contributed by atoms with E-state index in [2.05, 4.69) is 19.9 Å². The van der Waals surface area contributed by atoms with Gasteiger partial charge in [-0.1, -0.05) is 45.9 Å². The van der Waals surface area contributed by atoms with Gasteiger partial charge in [-0.05, 0) is 18.2 Å². The second kappa shape index (κ2) is 3.75. The minimum atomic E-state index is -0.250. The fourth-order valence-corrected chi connectivity index (χ4v) is 2.87. The van der Waals surface area contributed by atoms with Crippen molar-refractivity contribution in [1.82, 2.24) is 0 Å². The summed E-state index contributed by atoms with van der Waals surface area (Å²) in [5.74, 6) is 0.0612. The van der Waals surface area contributed by atoms with Crippen LogP contribution in [0.2, 0.25) is 0 Å². The van der Waals surface area contributed by atoms with Crippen LogP contribution in [0, 0.1) is 16.0 Å². The number of hydrogen-bond donors (Lipinski definition) is 1. The third kappa shape index (κ3) is 1.94. The molecule has 0 saturated heterocycles. The maximum absolute atomic E-state index is 12.6. The summed E-state index contributed by atoms with van der Waals surface area (Å²) >= 11 is 0. The summed E-state index contributed by atoms with van der Waals surface area (Å²) in [6.07, 6.45) is 9.76. The van der Waals surface area contributed by atoms with Gasteiger partial charge in [0.1, 0.15) is 0 Å². The van der Waals surface area contributed by atoms with Gasteiger partial charge in [0, 0.05) is 21.6 Å². The van der Waals surface area contributed by atoms with Crippen molar-refractivity contribution in [2.45, 2.75) is 27.7 Å². The lowest BCUT2D eigenvalue weighted by Gasteiger charge is -2.22. The van der Waals surface area contributed by atoms with Crippen molar-refractivity contribution < 1.29 is 9.84 Å². The Morgan fingerprint density at radius 1 is 1.05 bits per heavy atom. The van der Waals surface area contributed by atoms with Gasteiger partial charge in [-0.25, -0.2) is 0 Å². The molecule has 104 valence electrons. The van der Waals surface area contributed by atoms with Crippen molar-refractivity contribution in [1.29, 1.82) is 0 Å². The first kappa shape index (κ1) is 13.0. The van der Waals surface area contributed by atoms with Crippen molar-refractivity contribution in [3.63, 3.8) is 0 Å². The van der Waals surface area contributed by atoms with Crippen LogP contribution in [0.5, 0.6) is 0 Å². The van der Waals surface area contributed by atoms with E-state index in [4.69, 9.17) is 0 Å². The smallest absolute Gasteiger partial charge is 0.265 e. The van der Waals surface area contributed by atoms with Gasteiger partial charge in [0.25, 0.3) is 5.69 Å². The molecule has 3 rings (SSSR count). The molecule has 1 aromatic heterocycles. The van der Waals surface area contributed by atoms with E-state index in [0.29, 0.717) is 11.0 Å². The highest BCUT2D eigenvalue weighted by molar-refractivity contribution is 5.66. The molecule has 0 amide bonds. The lowest BCUT2D eigenvalue weighted by atomic mass is 9.85. The monoisotopic (exact) mass is 269 g/mol. The van der Waals surface area contributed by atoms with Gasteiger partial charge >= 0.3 is 0 Å². The van der Waals surface area contributed by atoms with Crippen LogP contribution in [0.1, 0.15) is 39.0 Å². The molecule has 2 aliphatic rings. The van der Waals surface area contributed by atoms with Crippen molar-refractivity contribution in [3.8, 4) is 0 Å². The number of aliphatic hydroxyl groups is 1. The van der Waals surface area contributed by atoms with Gasteiger partial charge in [-0.2, -0.15) is 4.73 Å². The Labute approximate surface area is 118 Å². The number of aromatic nitrogens is 1. The molecule has 0 unspecified atom stereocenters. The first-order valence-corrected chi connectivity index (χ1v) is 6.82. The molecule has 20 heavy (non-hydrogen) atoms. The lowest BCUT2D eigenvalue weighted by molar-refractivity contribution is -0.624. The van der Waals surface area contributed by atoms with E-state index in [1.807, 2.05) is 38.1 Å². The minimum absolute atomic E-state index is 0.0612. The largest absolute Gasteiger partial charge is 0.618 e. The van der Waals surface area contributed by atoms with E-state index in [1.165, 1.54) is 0 Å². The molecule has 2 aliphatic carbocycles. The highest BCUT2D eigenvalue weighted by atomic mass is 16.5. The standard InChI is InChI=1S/C17H19NO2/c1-16(2)6-5-11-7-12-8-17(3,4)10-14(19)15(12)18(20)13(11)9-16/h5-10,19H,1-4H3. The maximum atomic E-state index is 12.6. The van der Waals surface area contributed by atoms with E-state index in [0.717, 1.165) is 15.5 Å². The van der Waals surface area contributed by atoms with E-state index in [9.17, 15) is 10.3 Å². The van der Waals surface area contributed by atoms with E-state index in [-0.39, 0.29) is 16.6 Å². The van der Waals surface area contributed by atoms with Crippen LogP contribution in [0.15, 0.2) is 18.2 Å². The van der Waals surface area contributed by atoms with Crippen LogP contribution in [0.25, 0.3) is 24.0 Å². The Bertz CT molecular complexity index is 780. The normalized spacial score (nSPS) is 21.1. The van der Waals surface area contributed by atoms with Gasteiger partial charge in [0.2, 0.25) is 5.35 Å². The minimum Gasteiger partial charge on any atom is -0.618 e.